The molecule has 3 fully saturated rings. The lowest BCUT2D eigenvalue weighted by Gasteiger charge is -2.30. The Balaban J connectivity index is 1.31. The zero-order valence-electron chi connectivity index (χ0n) is 21.0. The van der Waals surface area contributed by atoms with E-state index in [1.807, 2.05) is 24.0 Å². The minimum atomic E-state index is -0.494. The standard InChI is InChI=1S/C28H32Cl2N2O4/c1-17-23(35-2)11-18(12-24(17)36-3)25(33)31-15-27-8-4-5-20(27)14-32(16-27)26(34)28(9-10-28)19-6-7-21(29)22(30)13-19/h6-7,11-13,20H,4-5,8-10,14-16H2,1-3H3,(H,31,33)/t20-,27-/m0/s1. The molecule has 8 heteroatoms. The molecule has 0 bridgehead atoms. The maximum atomic E-state index is 13.8. The van der Waals surface area contributed by atoms with Crippen molar-refractivity contribution in [3.8, 4) is 11.5 Å². The summed E-state index contributed by atoms with van der Waals surface area (Å²) in [6.07, 6.45) is 4.85. The molecule has 6 nitrogen and oxygen atoms in total. The molecule has 1 aliphatic heterocycles. The van der Waals surface area contributed by atoms with Gasteiger partial charge in [-0.25, -0.2) is 0 Å². The van der Waals surface area contributed by atoms with Crippen LogP contribution in [0.4, 0.5) is 0 Å². The Morgan fingerprint density at radius 1 is 1.06 bits per heavy atom. The molecule has 0 spiro atoms. The Morgan fingerprint density at radius 2 is 1.75 bits per heavy atom. The number of ether oxygens (including phenoxy) is 2. The van der Waals surface area contributed by atoms with E-state index in [2.05, 4.69) is 5.32 Å². The van der Waals surface area contributed by atoms with Gasteiger partial charge in [0.25, 0.3) is 5.91 Å². The van der Waals surface area contributed by atoms with E-state index >= 15 is 0 Å². The molecule has 192 valence electrons. The van der Waals surface area contributed by atoms with Crippen LogP contribution < -0.4 is 14.8 Å². The number of rotatable bonds is 7. The van der Waals surface area contributed by atoms with Crippen LogP contribution in [0.3, 0.4) is 0 Å². The van der Waals surface area contributed by atoms with Crippen molar-refractivity contribution in [3.05, 3.63) is 57.1 Å². The molecule has 3 aliphatic rings. The van der Waals surface area contributed by atoms with Crippen molar-refractivity contribution >= 4 is 35.0 Å². The van der Waals surface area contributed by atoms with Crippen LogP contribution in [0.25, 0.3) is 0 Å². The Bertz CT molecular complexity index is 1190. The van der Waals surface area contributed by atoms with Gasteiger partial charge in [0.2, 0.25) is 5.91 Å². The third-order valence-electron chi connectivity index (χ3n) is 8.57. The summed E-state index contributed by atoms with van der Waals surface area (Å²) < 4.78 is 10.9. The van der Waals surface area contributed by atoms with Gasteiger partial charge in [-0.3, -0.25) is 9.59 Å². The number of nitrogens with one attached hydrogen (secondary N) is 1. The van der Waals surface area contributed by atoms with Crippen molar-refractivity contribution in [1.82, 2.24) is 10.2 Å². The summed E-state index contributed by atoms with van der Waals surface area (Å²) in [4.78, 5) is 28.9. The van der Waals surface area contributed by atoms with Crippen molar-refractivity contribution < 1.29 is 19.1 Å². The third kappa shape index (κ3) is 4.22. The van der Waals surface area contributed by atoms with Gasteiger partial charge >= 0.3 is 0 Å². The van der Waals surface area contributed by atoms with Gasteiger partial charge in [-0.1, -0.05) is 35.7 Å². The molecule has 2 saturated carbocycles. The van der Waals surface area contributed by atoms with E-state index in [0.29, 0.717) is 46.1 Å². The summed E-state index contributed by atoms with van der Waals surface area (Å²) in [5, 5.41) is 4.14. The first kappa shape index (κ1) is 25.2. The van der Waals surface area contributed by atoms with E-state index in [-0.39, 0.29) is 17.2 Å². The Hall–Kier alpha value is -2.44. The van der Waals surface area contributed by atoms with Gasteiger partial charge < -0.3 is 19.7 Å². The second kappa shape index (κ2) is 9.46. The SMILES string of the molecule is COc1cc(C(=O)NC[C@]23CCC[C@H]2CN(C(=O)C2(c4ccc(Cl)c(Cl)c4)CC2)C3)cc(OC)c1C. The topological polar surface area (TPSA) is 67.9 Å². The molecule has 36 heavy (non-hydrogen) atoms. The zero-order chi connectivity index (χ0) is 25.7. The minimum absolute atomic E-state index is 0.0993. The van der Waals surface area contributed by atoms with Crippen LogP contribution in [0, 0.1) is 18.3 Å². The fraction of sp³-hybridized carbons (Fsp3) is 0.500. The summed E-state index contributed by atoms with van der Waals surface area (Å²) >= 11 is 12.4. The van der Waals surface area contributed by atoms with Crippen LogP contribution in [-0.2, 0) is 10.2 Å². The predicted molar refractivity (Wildman–Crippen MR) is 140 cm³/mol. The number of fused-ring (bicyclic) bond motifs is 1. The van der Waals surface area contributed by atoms with E-state index in [0.717, 1.165) is 49.8 Å². The molecule has 2 atom stereocenters. The van der Waals surface area contributed by atoms with Gasteiger partial charge in [-0.2, -0.15) is 0 Å². The number of likely N-dealkylation sites (tertiary alicyclic amines) is 1. The van der Waals surface area contributed by atoms with Crippen LogP contribution in [-0.4, -0.2) is 50.6 Å². The summed E-state index contributed by atoms with van der Waals surface area (Å²) in [7, 11) is 3.17. The quantitative estimate of drug-likeness (QED) is 0.519. The van der Waals surface area contributed by atoms with E-state index in [1.54, 1.807) is 32.4 Å². The predicted octanol–water partition coefficient (Wildman–Crippen LogP) is 5.41. The van der Waals surface area contributed by atoms with Crippen molar-refractivity contribution in [1.29, 1.82) is 0 Å². The van der Waals surface area contributed by atoms with Crippen LogP contribution >= 0.6 is 23.2 Å². The smallest absolute Gasteiger partial charge is 0.251 e. The second-order valence-electron chi connectivity index (χ2n) is 10.5. The summed E-state index contributed by atoms with van der Waals surface area (Å²) in [6.45, 7) is 3.85. The average Bonchev–Trinajstić information content (AvgIpc) is 3.47. The Labute approximate surface area is 222 Å². The van der Waals surface area contributed by atoms with Crippen LogP contribution in [0.1, 0.15) is 53.6 Å². The number of carbonyl (C=O) groups excluding carboxylic acids is 2. The van der Waals surface area contributed by atoms with Gasteiger partial charge in [0.1, 0.15) is 11.5 Å². The van der Waals surface area contributed by atoms with Crippen LogP contribution in [0.15, 0.2) is 30.3 Å². The Kier molecular flexibility index (Phi) is 6.63. The molecule has 2 aliphatic carbocycles. The Morgan fingerprint density at radius 3 is 2.36 bits per heavy atom. The summed E-state index contributed by atoms with van der Waals surface area (Å²) in [6, 6.07) is 9.03. The number of halogens is 2. The van der Waals surface area contributed by atoms with Gasteiger partial charge in [0.05, 0.1) is 29.7 Å². The number of hydrogen-bond donors (Lipinski definition) is 1. The van der Waals surface area contributed by atoms with E-state index in [9.17, 15) is 9.59 Å². The minimum Gasteiger partial charge on any atom is -0.496 e. The lowest BCUT2D eigenvalue weighted by Crippen LogP contribution is -2.43. The van der Waals surface area contributed by atoms with Crippen molar-refractivity contribution in [2.75, 3.05) is 33.9 Å². The van der Waals surface area contributed by atoms with Crippen molar-refractivity contribution in [2.45, 2.75) is 44.4 Å². The van der Waals surface area contributed by atoms with E-state index in [4.69, 9.17) is 32.7 Å². The highest BCUT2D eigenvalue weighted by atomic mass is 35.5. The first-order valence-corrected chi connectivity index (χ1v) is 13.2. The normalized spacial score (nSPS) is 23.8. The molecule has 2 aromatic rings. The number of nitrogens with zero attached hydrogens (tertiary/aromatic N) is 1. The third-order valence-corrected chi connectivity index (χ3v) is 9.31. The van der Waals surface area contributed by atoms with Crippen molar-refractivity contribution in [3.63, 3.8) is 0 Å². The molecule has 0 aromatic heterocycles. The number of benzene rings is 2. The first-order valence-electron chi connectivity index (χ1n) is 12.5. The van der Waals surface area contributed by atoms with Crippen LogP contribution in [0.2, 0.25) is 10.0 Å². The number of amides is 2. The highest BCUT2D eigenvalue weighted by molar-refractivity contribution is 6.42. The van der Waals surface area contributed by atoms with Crippen molar-refractivity contribution in [2.24, 2.45) is 11.3 Å². The van der Waals surface area contributed by atoms with Gasteiger partial charge in [-0.15, -0.1) is 0 Å². The molecule has 2 amide bonds. The zero-order valence-corrected chi connectivity index (χ0v) is 22.5. The number of hydrogen-bond acceptors (Lipinski definition) is 4. The highest BCUT2D eigenvalue weighted by Crippen LogP contribution is 2.54. The molecule has 1 heterocycles. The maximum absolute atomic E-state index is 13.8. The van der Waals surface area contributed by atoms with E-state index < -0.39 is 5.41 Å². The second-order valence-corrected chi connectivity index (χ2v) is 11.4. The fourth-order valence-corrected chi connectivity index (χ4v) is 6.58. The monoisotopic (exact) mass is 530 g/mol. The molecule has 0 radical (unpaired) electrons. The van der Waals surface area contributed by atoms with Gasteiger partial charge in [0, 0.05) is 36.2 Å². The molecular formula is C28H32Cl2N2O4. The van der Waals surface area contributed by atoms with Gasteiger partial charge in [-0.05, 0) is 68.4 Å². The number of methoxy groups -OCH3 is 2. The highest BCUT2D eigenvalue weighted by Gasteiger charge is 2.58. The molecule has 1 N–H and O–H groups in total. The molecular weight excluding hydrogens is 499 g/mol. The lowest BCUT2D eigenvalue weighted by molar-refractivity contribution is -0.133. The fourth-order valence-electron chi connectivity index (χ4n) is 6.28. The lowest BCUT2D eigenvalue weighted by atomic mass is 9.80. The van der Waals surface area contributed by atoms with Crippen LogP contribution in [0.5, 0.6) is 11.5 Å². The maximum Gasteiger partial charge on any atom is 0.251 e. The summed E-state index contributed by atoms with van der Waals surface area (Å²) in [5.74, 6) is 1.63. The first-order chi connectivity index (χ1) is 17.2. The molecule has 1 saturated heterocycles. The van der Waals surface area contributed by atoms with Gasteiger partial charge in [0.15, 0.2) is 0 Å². The molecule has 5 rings (SSSR count). The van der Waals surface area contributed by atoms with E-state index in [1.165, 1.54) is 0 Å². The molecule has 2 aromatic carbocycles. The number of carbonyl (C=O) groups is 2. The summed E-state index contributed by atoms with van der Waals surface area (Å²) in [5.41, 5.74) is 1.71. The average molecular weight is 531 g/mol. The molecule has 0 unspecified atom stereocenters. The largest absolute Gasteiger partial charge is 0.496 e.